The maximum atomic E-state index is 6.06. The highest BCUT2D eigenvalue weighted by atomic mass is 16.5. The quantitative estimate of drug-likeness (QED) is 0.792. The van der Waals surface area contributed by atoms with Crippen molar-refractivity contribution in [3.8, 4) is 0 Å². The van der Waals surface area contributed by atoms with E-state index in [1.165, 1.54) is 5.56 Å². The van der Waals surface area contributed by atoms with E-state index >= 15 is 0 Å². The molecule has 0 amide bonds. The molecule has 0 aromatic carbocycles. The molecule has 3 heterocycles. The van der Waals surface area contributed by atoms with Crippen molar-refractivity contribution in [1.82, 2.24) is 15.0 Å². The average Bonchev–Trinajstić information content (AvgIpc) is 3.21. The van der Waals surface area contributed by atoms with Gasteiger partial charge in [0.25, 0.3) is 0 Å². The van der Waals surface area contributed by atoms with Crippen LogP contribution in [0.3, 0.4) is 0 Å². The number of nitrogens with zero attached hydrogens (tertiary/aromatic N) is 3. The Morgan fingerprint density at radius 3 is 2.96 bits per heavy atom. The van der Waals surface area contributed by atoms with Gasteiger partial charge in [-0.25, -0.2) is 0 Å². The highest BCUT2D eigenvalue weighted by molar-refractivity contribution is 5.21. The Bertz CT molecular complexity index is 699. The van der Waals surface area contributed by atoms with Gasteiger partial charge in [0.15, 0.2) is 0 Å². The van der Waals surface area contributed by atoms with Gasteiger partial charge in [-0.2, -0.15) is 0 Å². The Morgan fingerprint density at radius 2 is 2.19 bits per heavy atom. The van der Waals surface area contributed by atoms with Gasteiger partial charge < -0.3 is 14.0 Å². The van der Waals surface area contributed by atoms with E-state index in [4.69, 9.17) is 14.0 Å². The fourth-order valence-electron chi connectivity index (χ4n) is 4.20. The highest BCUT2D eigenvalue weighted by Gasteiger charge is 2.41. The fourth-order valence-corrected chi connectivity index (χ4v) is 4.20. The Kier molecular flexibility index (Phi) is 5.33. The van der Waals surface area contributed by atoms with Crippen molar-refractivity contribution in [3.05, 3.63) is 47.1 Å². The second-order valence-corrected chi connectivity index (χ2v) is 7.42. The SMILES string of the molecule is Cc1noc(C)c1CN1CCOC2CC(COCc3ccccn3)CC21. The molecule has 140 valence electrons. The number of aryl methyl sites for hydroxylation is 2. The zero-order valence-corrected chi connectivity index (χ0v) is 15.6. The highest BCUT2D eigenvalue weighted by Crippen LogP contribution is 2.35. The summed E-state index contributed by atoms with van der Waals surface area (Å²) in [7, 11) is 0. The van der Waals surface area contributed by atoms with Crippen LogP contribution >= 0.6 is 0 Å². The first-order chi connectivity index (χ1) is 12.7. The van der Waals surface area contributed by atoms with E-state index in [0.29, 0.717) is 24.7 Å². The minimum atomic E-state index is 0.313. The van der Waals surface area contributed by atoms with Crippen molar-refractivity contribution in [2.75, 3.05) is 19.8 Å². The second kappa shape index (κ2) is 7.86. The van der Waals surface area contributed by atoms with Crippen LogP contribution in [0.5, 0.6) is 0 Å². The van der Waals surface area contributed by atoms with E-state index in [-0.39, 0.29) is 0 Å². The smallest absolute Gasteiger partial charge is 0.138 e. The molecule has 0 radical (unpaired) electrons. The molecule has 3 atom stereocenters. The summed E-state index contributed by atoms with van der Waals surface area (Å²) >= 11 is 0. The van der Waals surface area contributed by atoms with Gasteiger partial charge in [-0.3, -0.25) is 9.88 Å². The van der Waals surface area contributed by atoms with E-state index in [9.17, 15) is 0 Å². The van der Waals surface area contributed by atoms with Crippen LogP contribution in [-0.2, 0) is 22.6 Å². The van der Waals surface area contributed by atoms with Gasteiger partial charge in [0, 0.05) is 30.9 Å². The van der Waals surface area contributed by atoms with Crippen LogP contribution in [-0.4, -0.2) is 46.9 Å². The topological polar surface area (TPSA) is 60.6 Å². The summed E-state index contributed by atoms with van der Waals surface area (Å²) in [5.74, 6) is 1.47. The van der Waals surface area contributed by atoms with Crippen LogP contribution < -0.4 is 0 Å². The van der Waals surface area contributed by atoms with Crippen LogP contribution in [0.2, 0.25) is 0 Å². The summed E-state index contributed by atoms with van der Waals surface area (Å²) in [5.41, 5.74) is 3.21. The number of aromatic nitrogens is 2. The van der Waals surface area contributed by atoms with Crippen LogP contribution in [0.1, 0.15) is 35.6 Å². The predicted octanol–water partition coefficient (Wildman–Crippen LogP) is 2.88. The van der Waals surface area contributed by atoms with Gasteiger partial charge in [-0.1, -0.05) is 11.2 Å². The van der Waals surface area contributed by atoms with Crippen LogP contribution in [0, 0.1) is 19.8 Å². The molecule has 2 aromatic heterocycles. The second-order valence-electron chi connectivity index (χ2n) is 7.42. The summed E-state index contributed by atoms with van der Waals surface area (Å²) < 4.78 is 17.3. The molecule has 2 fully saturated rings. The molecule has 3 unspecified atom stereocenters. The normalized spacial score (nSPS) is 26.2. The number of fused-ring (bicyclic) bond motifs is 1. The Hall–Kier alpha value is -1.76. The molecule has 0 N–H and O–H groups in total. The number of hydrogen-bond donors (Lipinski definition) is 0. The van der Waals surface area contributed by atoms with Crippen LogP contribution in [0.25, 0.3) is 0 Å². The molecule has 26 heavy (non-hydrogen) atoms. The summed E-state index contributed by atoms with van der Waals surface area (Å²) in [4.78, 5) is 6.85. The average molecular weight is 357 g/mol. The Morgan fingerprint density at radius 1 is 1.27 bits per heavy atom. The number of hydrogen-bond acceptors (Lipinski definition) is 6. The van der Waals surface area contributed by atoms with Crippen molar-refractivity contribution in [3.63, 3.8) is 0 Å². The van der Waals surface area contributed by atoms with Crippen molar-refractivity contribution >= 4 is 0 Å². The lowest BCUT2D eigenvalue weighted by atomic mass is 10.1. The molecule has 1 saturated heterocycles. The Balaban J connectivity index is 1.32. The van der Waals surface area contributed by atoms with E-state index in [0.717, 1.165) is 56.3 Å². The molecule has 6 nitrogen and oxygen atoms in total. The third-order valence-corrected chi connectivity index (χ3v) is 5.62. The molecule has 2 aliphatic rings. The van der Waals surface area contributed by atoms with Gasteiger partial charge in [-0.15, -0.1) is 0 Å². The first-order valence-corrected chi connectivity index (χ1v) is 9.45. The van der Waals surface area contributed by atoms with E-state index in [2.05, 4.69) is 15.0 Å². The molecular formula is C20H27N3O3. The van der Waals surface area contributed by atoms with E-state index < -0.39 is 0 Å². The number of morpholine rings is 1. The van der Waals surface area contributed by atoms with Gasteiger partial charge in [0.2, 0.25) is 0 Å². The third kappa shape index (κ3) is 3.82. The number of pyridine rings is 1. The summed E-state index contributed by atoms with van der Waals surface area (Å²) in [6.07, 6.45) is 4.32. The summed E-state index contributed by atoms with van der Waals surface area (Å²) in [6.45, 7) is 8.03. The van der Waals surface area contributed by atoms with Gasteiger partial charge >= 0.3 is 0 Å². The van der Waals surface area contributed by atoms with Gasteiger partial charge in [0.05, 0.1) is 37.3 Å². The van der Waals surface area contributed by atoms with Crippen molar-refractivity contribution in [1.29, 1.82) is 0 Å². The van der Waals surface area contributed by atoms with Crippen molar-refractivity contribution in [2.24, 2.45) is 5.92 Å². The molecule has 4 rings (SSSR count). The minimum absolute atomic E-state index is 0.313. The summed E-state index contributed by atoms with van der Waals surface area (Å²) in [5, 5.41) is 4.09. The first-order valence-electron chi connectivity index (χ1n) is 9.45. The first kappa shape index (κ1) is 17.6. The van der Waals surface area contributed by atoms with Gasteiger partial charge in [0.1, 0.15) is 5.76 Å². The van der Waals surface area contributed by atoms with Crippen molar-refractivity contribution < 1.29 is 14.0 Å². The lowest BCUT2D eigenvalue weighted by Gasteiger charge is -2.37. The monoisotopic (exact) mass is 357 g/mol. The van der Waals surface area contributed by atoms with Gasteiger partial charge in [-0.05, 0) is 44.7 Å². The van der Waals surface area contributed by atoms with E-state index in [1.807, 2.05) is 38.2 Å². The number of rotatable bonds is 6. The molecule has 6 heteroatoms. The molecule has 2 aromatic rings. The largest absolute Gasteiger partial charge is 0.375 e. The van der Waals surface area contributed by atoms with Crippen LogP contribution in [0.4, 0.5) is 0 Å². The molecule has 1 aliphatic carbocycles. The maximum Gasteiger partial charge on any atom is 0.138 e. The standard InChI is InChI=1S/C20H27N3O3/c1-14-18(15(2)26-22-14)11-23-7-8-25-20-10-16(9-19(20)23)12-24-13-17-5-3-4-6-21-17/h3-6,16,19-20H,7-13H2,1-2H3. The predicted molar refractivity (Wildman–Crippen MR) is 96.5 cm³/mol. The zero-order chi connectivity index (χ0) is 17.9. The summed E-state index contributed by atoms with van der Waals surface area (Å²) in [6, 6.07) is 6.38. The minimum Gasteiger partial charge on any atom is -0.375 e. The molecular weight excluding hydrogens is 330 g/mol. The lowest BCUT2D eigenvalue weighted by molar-refractivity contribution is -0.0593. The Labute approximate surface area is 154 Å². The maximum absolute atomic E-state index is 6.06. The fraction of sp³-hybridized carbons (Fsp3) is 0.600. The molecule has 0 spiro atoms. The number of ether oxygens (including phenoxy) is 2. The van der Waals surface area contributed by atoms with E-state index in [1.54, 1.807) is 0 Å². The van der Waals surface area contributed by atoms with Crippen LogP contribution in [0.15, 0.2) is 28.9 Å². The zero-order valence-electron chi connectivity index (χ0n) is 15.6. The molecule has 1 saturated carbocycles. The third-order valence-electron chi connectivity index (χ3n) is 5.62. The molecule has 0 bridgehead atoms. The lowest BCUT2D eigenvalue weighted by Crippen LogP contribution is -2.48. The molecule has 1 aliphatic heterocycles. The van der Waals surface area contributed by atoms with Crippen molar-refractivity contribution in [2.45, 2.75) is 52.0 Å².